The summed E-state index contributed by atoms with van der Waals surface area (Å²) in [5.74, 6) is -2.25. The topological polar surface area (TPSA) is 140 Å². The molecule has 2 aromatic rings. The van der Waals surface area contributed by atoms with Gasteiger partial charge in [-0.05, 0) is 43.5 Å². The number of anilines is 1. The summed E-state index contributed by atoms with van der Waals surface area (Å²) >= 11 is 0. The molecule has 4 aliphatic rings. The number of imide groups is 1. The minimum atomic E-state index is -1.41. The highest BCUT2D eigenvalue weighted by molar-refractivity contribution is 6.15. The summed E-state index contributed by atoms with van der Waals surface area (Å²) in [5.41, 5.74) is 7.83. The number of likely N-dealkylation sites (tertiary alicyclic amines) is 1. The van der Waals surface area contributed by atoms with Crippen molar-refractivity contribution in [2.75, 3.05) is 12.1 Å². The second kappa shape index (κ2) is 7.79. The monoisotopic (exact) mass is 490 g/mol. The van der Waals surface area contributed by atoms with Gasteiger partial charge in [-0.15, -0.1) is 0 Å². The molecular weight excluding hydrogens is 464 g/mol. The van der Waals surface area contributed by atoms with Gasteiger partial charge in [0.25, 0.3) is 0 Å². The van der Waals surface area contributed by atoms with Gasteiger partial charge in [-0.25, -0.2) is 0 Å². The van der Waals surface area contributed by atoms with Crippen LogP contribution in [0.3, 0.4) is 0 Å². The lowest BCUT2D eigenvalue weighted by Gasteiger charge is -2.30. The van der Waals surface area contributed by atoms with Crippen molar-refractivity contribution in [1.82, 2.24) is 10.2 Å². The highest BCUT2D eigenvalue weighted by Gasteiger charge is 2.70. The second-order valence-corrected chi connectivity index (χ2v) is 9.98. The Kier molecular flexibility index (Phi) is 4.88. The van der Waals surface area contributed by atoms with Gasteiger partial charge >= 0.3 is 0 Å². The zero-order valence-corrected chi connectivity index (χ0v) is 19.9. The Morgan fingerprint density at radius 1 is 1.11 bits per heavy atom. The number of rotatable bonds is 5. The molecule has 0 aliphatic carbocycles. The quantitative estimate of drug-likeness (QED) is 0.536. The van der Waals surface area contributed by atoms with Crippen molar-refractivity contribution in [2.45, 2.75) is 44.8 Å². The number of primary amides is 1. The number of nitrogens with one attached hydrogen (secondary N) is 2. The molecule has 186 valence electrons. The van der Waals surface area contributed by atoms with Gasteiger partial charge in [-0.2, -0.15) is 0 Å². The molecule has 4 amide bonds. The molecule has 0 unspecified atom stereocenters. The molecule has 10 heteroatoms. The summed E-state index contributed by atoms with van der Waals surface area (Å²) in [6.07, 6.45) is 0.268. The Labute approximate surface area is 207 Å². The molecule has 4 aliphatic heterocycles. The van der Waals surface area contributed by atoms with Crippen LogP contribution in [-0.4, -0.2) is 41.4 Å². The fourth-order valence-electron chi connectivity index (χ4n) is 6.24. The van der Waals surface area contributed by atoms with E-state index in [0.717, 1.165) is 11.1 Å². The molecule has 36 heavy (non-hydrogen) atoms. The lowest BCUT2D eigenvalue weighted by atomic mass is 9.75. The van der Waals surface area contributed by atoms with Gasteiger partial charge in [0.15, 0.2) is 11.5 Å². The number of carbonyl (C=O) groups is 4. The summed E-state index contributed by atoms with van der Waals surface area (Å²) in [7, 11) is 0. The highest BCUT2D eigenvalue weighted by Crippen LogP contribution is 2.54. The van der Waals surface area contributed by atoms with E-state index in [1.165, 1.54) is 4.90 Å². The van der Waals surface area contributed by atoms with Crippen LogP contribution < -0.4 is 25.8 Å². The number of carbonyl (C=O) groups excluding carboxylic acids is 4. The highest BCUT2D eigenvalue weighted by atomic mass is 16.7. The molecule has 0 aromatic heterocycles. The molecule has 0 saturated carbocycles. The third-order valence-electron chi connectivity index (χ3n) is 7.74. The Bertz CT molecular complexity index is 1360. The number of nitrogens with zero attached hydrogens (tertiary/aromatic N) is 1. The molecule has 2 aromatic carbocycles. The normalized spacial score (nSPS) is 27.6. The summed E-state index contributed by atoms with van der Waals surface area (Å²) in [6, 6.07) is 8.56. The Morgan fingerprint density at radius 3 is 2.67 bits per heavy atom. The van der Waals surface area contributed by atoms with Gasteiger partial charge in [0.1, 0.15) is 5.54 Å². The van der Waals surface area contributed by atoms with E-state index in [0.29, 0.717) is 28.3 Å². The minimum Gasteiger partial charge on any atom is -0.454 e. The number of benzene rings is 2. The van der Waals surface area contributed by atoms with E-state index >= 15 is 0 Å². The predicted molar refractivity (Wildman–Crippen MR) is 127 cm³/mol. The molecular formula is C26H26N4O6. The van der Waals surface area contributed by atoms with E-state index < -0.39 is 35.2 Å². The maximum atomic E-state index is 13.9. The van der Waals surface area contributed by atoms with Crippen LogP contribution in [0.2, 0.25) is 0 Å². The smallest absolute Gasteiger partial charge is 0.250 e. The van der Waals surface area contributed by atoms with Crippen LogP contribution >= 0.6 is 0 Å². The third-order valence-corrected chi connectivity index (χ3v) is 7.74. The number of ether oxygens (including phenoxy) is 2. The number of hydrogen-bond donors (Lipinski definition) is 3. The molecule has 4 heterocycles. The van der Waals surface area contributed by atoms with Crippen LogP contribution in [-0.2, 0) is 31.3 Å². The van der Waals surface area contributed by atoms with Crippen LogP contribution in [0.25, 0.3) is 0 Å². The summed E-state index contributed by atoms with van der Waals surface area (Å²) < 4.78 is 10.8. The molecule has 2 fully saturated rings. The van der Waals surface area contributed by atoms with E-state index in [2.05, 4.69) is 10.6 Å². The molecule has 1 spiro atoms. The largest absolute Gasteiger partial charge is 0.454 e. The van der Waals surface area contributed by atoms with Crippen LogP contribution in [0.5, 0.6) is 11.5 Å². The first kappa shape index (κ1) is 22.5. The van der Waals surface area contributed by atoms with Gasteiger partial charge in [-0.3, -0.25) is 29.4 Å². The lowest BCUT2D eigenvalue weighted by Crippen LogP contribution is -2.53. The molecule has 2 saturated heterocycles. The lowest BCUT2D eigenvalue weighted by molar-refractivity contribution is -0.143. The second-order valence-electron chi connectivity index (χ2n) is 9.98. The first-order valence-corrected chi connectivity index (χ1v) is 11.9. The SMILES string of the molecule is Cc1cc(C)c2c(c1)[C@]1(N[C@H](CCC(N)=O)[C@H]3C(=O)N(Cc4ccc5c(c4)OCO5)C(=O)[C@H]31)C(=O)N2. The maximum Gasteiger partial charge on any atom is 0.250 e. The van der Waals surface area contributed by atoms with Crippen molar-refractivity contribution >= 4 is 29.3 Å². The van der Waals surface area contributed by atoms with Crippen molar-refractivity contribution in [2.24, 2.45) is 17.6 Å². The van der Waals surface area contributed by atoms with Gasteiger partial charge in [-0.1, -0.05) is 23.8 Å². The van der Waals surface area contributed by atoms with E-state index in [-0.39, 0.29) is 38.0 Å². The van der Waals surface area contributed by atoms with Crippen LogP contribution in [0.1, 0.15) is 35.1 Å². The molecule has 4 atom stereocenters. The summed E-state index contributed by atoms with van der Waals surface area (Å²) in [6.45, 7) is 3.99. The zero-order chi connectivity index (χ0) is 25.4. The number of nitrogens with two attached hydrogens (primary N) is 1. The van der Waals surface area contributed by atoms with Crippen LogP contribution in [0.4, 0.5) is 5.69 Å². The molecule has 4 N–H and O–H groups in total. The Hall–Kier alpha value is -3.92. The van der Waals surface area contributed by atoms with E-state index in [4.69, 9.17) is 15.2 Å². The van der Waals surface area contributed by atoms with Crippen molar-refractivity contribution < 1.29 is 28.7 Å². The molecule has 0 bridgehead atoms. The molecule has 6 rings (SSSR count). The Balaban J connectivity index is 1.42. The van der Waals surface area contributed by atoms with Crippen LogP contribution in [0, 0.1) is 25.7 Å². The van der Waals surface area contributed by atoms with Gasteiger partial charge in [0, 0.05) is 23.7 Å². The average molecular weight is 491 g/mol. The van der Waals surface area contributed by atoms with E-state index in [1.54, 1.807) is 18.2 Å². The first-order chi connectivity index (χ1) is 17.2. The van der Waals surface area contributed by atoms with Gasteiger partial charge < -0.3 is 20.5 Å². The maximum absolute atomic E-state index is 13.9. The van der Waals surface area contributed by atoms with Crippen molar-refractivity contribution in [3.8, 4) is 11.5 Å². The Morgan fingerprint density at radius 2 is 1.89 bits per heavy atom. The zero-order valence-electron chi connectivity index (χ0n) is 19.9. The standard InChI is InChI=1S/C26H26N4O6/c1-12-7-13(2)22-15(8-12)26(25(34)28-22)21-20(16(29-26)4-6-19(27)31)23(32)30(24(21)33)10-14-3-5-17-18(9-14)36-11-35-17/h3,5,7-9,16,20-21,29H,4,6,10-11H2,1-2H3,(H2,27,31)(H,28,34)/t16-,20-,21+,26-/m1/s1. The molecule has 10 nitrogen and oxygen atoms in total. The van der Waals surface area contributed by atoms with Crippen molar-refractivity contribution in [3.63, 3.8) is 0 Å². The van der Waals surface area contributed by atoms with E-state index in [1.807, 2.05) is 26.0 Å². The number of aryl methyl sites for hydroxylation is 2. The van der Waals surface area contributed by atoms with Gasteiger partial charge in [0.2, 0.25) is 30.4 Å². The summed E-state index contributed by atoms with van der Waals surface area (Å²) in [5, 5.41) is 6.29. The fraction of sp³-hybridized carbons (Fsp3) is 0.385. The van der Waals surface area contributed by atoms with E-state index in [9.17, 15) is 19.2 Å². The fourth-order valence-corrected chi connectivity index (χ4v) is 6.24. The first-order valence-electron chi connectivity index (χ1n) is 11.9. The third kappa shape index (κ3) is 3.07. The molecule has 0 radical (unpaired) electrons. The average Bonchev–Trinajstić information content (AvgIpc) is 3.55. The van der Waals surface area contributed by atoms with Crippen molar-refractivity contribution in [1.29, 1.82) is 0 Å². The minimum absolute atomic E-state index is 0.0297. The number of hydrogen-bond acceptors (Lipinski definition) is 7. The number of amides is 4. The van der Waals surface area contributed by atoms with Gasteiger partial charge in [0.05, 0.1) is 18.4 Å². The predicted octanol–water partition coefficient (Wildman–Crippen LogP) is 1.22. The van der Waals surface area contributed by atoms with Crippen molar-refractivity contribution in [3.05, 3.63) is 52.6 Å². The summed E-state index contributed by atoms with van der Waals surface area (Å²) in [4.78, 5) is 54.1. The number of fused-ring (bicyclic) bond motifs is 5. The van der Waals surface area contributed by atoms with Crippen LogP contribution in [0.15, 0.2) is 30.3 Å².